The highest BCUT2D eigenvalue weighted by Crippen LogP contribution is 1.98. The van der Waals surface area contributed by atoms with Crippen LogP contribution in [-0.2, 0) is 0 Å². The molecule has 0 fully saturated rings. The summed E-state index contributed by atoms with van der Waals surface area (Å²) < 4.78 is 0. The highest BCUT2D eigenvalue weighted by Gasteiger charge is 1.94. The van der Waals surface area contributed by atoms with Crippen LogP contribution in [-0.4, -0.2) is 29.9 Å². The van der Waals surface area contributed by atoms with Gasteiger partial charge in [0.05, 0.1) is 0 Å². The van der Waals surface area contributed by atoms with Gasteiger partial charge in [-0.1, -0.05) is 0 Å². The van der Waals surface area contributed by atoms with Crippen LogP contribution >= 0.6 is 0 Å². The van der Waals surface area contributed by atoms with Crippen molar-refractivity contribution in [2.45, 2.75) is 0 Å². The molecule has 15 N–H and O–H groups in total. The Bertz CT molecular complexity index is 388. The first-order valence-electron chi connectivity index (χ1n) is 4.42. The molecule has 2 heterocycles. The number of nitrogens with zero attached hydrogens (tertiary/aromatic N) is 6. The monoisotopic (exact) mass is 269 g/mol. The smallest absolute Gasteiger partial charge is 0.226 e. The van der Waals surface area contributed by atoms with E-state index < -0.39 is 0 Å². The van der Waals surface area contributed by atoms with Gasteiger partial charge < -0.3 is 40.6 Å². The summed E-state index contributed by atoms with van der Waals surface area (Å²) >= 11 is 0. The van der Waals surface area contributed by atoms with E-state index in [1.54, 1.807) is 0 Å². The van der Waals surface area contributed by atoms with Gasteiger partial charge >= 0.3 is 0 Å². The van der Waals surface area contributed by atoms with Crippen LogP contribution in [0.1, 0.15) is 0 Å². The molecule has 0 aliphatic heterocycles. The lowest BCUT2D eigenvalue weighted by Crippen LogP contribution is -2.05. The Hall–Kier alpha value is -3.22. The van der Waals surface area contributed by atoms with Crippen molar-refractivity contribution < 1.29 is 0 Å². The number of rotatable bonds is 0. The predicted octanol–water partition coefficient (Wildman–Crippen LogP) is -2.60. The van der Waals surface area contributed by atoms with E-state index in [1.165, 1.54) is 0 Å². The van der Waals surface area contributed by atoms with Crippen molar-refractivity contribution in [1.82, 2.24) is 36.1 Å². The second kappa shape index (κ2) is 6.50. The Morgan fingerprint density at radius 1 is 0.368 bits per heavy atom. The van der Waals surface area contributed by atoms with Crippen molar-refractivity contribution in [2.75, 3.05) is 34.4 Å². The van der Waals surface area contributed by atoms with Gasteiger partial charge in [-0.05, 0) is 0 Å². The maximum atomic E-state index is 5.14. The van der Waals surface area contributed by atoms with Crippen molar-refractivity contribution in [1.29, 1.82) is 0 Å². The van der Waals surface area contributed by atoms with Crippen LogP contribution in [0.5, 0.6) is 0 Å². The molecule has 104 valence electrons. The van der Waals surface area contributed by atoms with Crippen molar-refractivity contribution in [3.8, 4) is 0 Å². The Balaban J connectivity index is 0.000000324. The maximum Gasteiger partial charge on any atom is 0.226 e. The molecule has 0 bridgehead atoms. The average molecular weight is 269 g/mol. The molecule has 0 aliphatic rings. The molecule has 0 spiro atoms. The zero-order valence-corrected chi connectivity index (χ0v) is 9.85. The molecule has 0 aromatic carbocycles. The third-order valence-electron chi connectivity index (χ3n) is 1.37. The third kappa shape index (κ3) is 5.59. The van der Waals surface area contributed by atoms with E-state index in [4.69, 9.17) is 34.4 Å². The van der Waals surface area contributed by atoms with E-state index in [2.05, 4.69) is 29.9 Å². The first kappa shape index (κ1) is 15.8. The molecule has 13 heteroatoms. The Morgan fingerprint density at radius 2 is 0.474 bits per heavy atom. The number of hydrogen-bond acceptors (Lipinski definition) is 13. The van der Waals surface area contributed by atoms with Gasteiger partial charge in [0, 0.05) is 0 Å². The first-order valence-corrected chi connectivity index (χ1v) is 4.42. The first-order chi connectivity index (χ1) is 8.36. The summed E-state index contributed by atoms with van der Waals surface area (Å²) in [6.45, 7) is 0. The number of nitrogens with two attached hydrogens (primary N) is 6. The van der Waals surface area contributed by atoms with Crippen molar-refractivity contribution in [2.24, 2.45) is 0 Å². The minimum absolute atomic E-state index is 0. The molecule has 0 saturated heterocycles. The minimum Gasteiger partial charge on any atom is -0.368 e. The summed E-state index contributed by atoms with van der Waals surface area (Å²) in [5.41, 5.74) is 30.8. The largest absolute Gasteiger partial charge is 0.368 e. The van der Waals surface area contributed by atoms with Crippen molar-refractivity contribution in [3.05, 3.63) is 0 Å². The lowest BCUT2D eigenvalue weighted by molar-refractivity contribution is 1.09. The molecule has 0 amide bonds. The van der Waals surface area contributed by atoms with Gasteiger partial charge in [-0.25, -0.2) is 0 Å². The summed E-state index contributed by atoms with van der Waals surface area (Å²) in [6.07, 6.45) is 0. The second-order valence-electron chi connectivity index (χ2n) is 2.82. The Kier molecular flexibility index (Phi) is 5.40. The van der Waals surface area contributed by atoms with Crippen LogP contribution in [0.2, 0.25) is 0 Å². The van der Waals surface area contributed by atoms with Crippen LogP contribution in [0.15, 0.2) is 0 Å². The van der Waals surface area contributed by atoms with E-state index >= 15 is 0 Å². The molecule has 2 rings (SSSR count). The highest BCUT2D eigenvalue weighted by atomic mass is 15.2. The minimum atomic E-state index is 0. The molecule has 0 aliphatic carbocycles. The summed E-state index contributed by atoms with van der Waals surface area (Å²) in [7, 11) is 0. The lowest BCUT2D eigenvalue weighted by atomic mass is 10.9. The van der Waals surface area contributed by atoms with E-state index in [9.17, 15) is 0 Å². The fraction of sp³-hybridized carbons (Fsp3) is 0. The average Bonchev–Trinajstić information content (AvgIpc) is 2.12. The van der Waals surface area contributed by atoms with E-state index in [-0.39, 0.29) is 41.8 Å². The van der Waals surface area contributed by atoms with Gasteiger partial charge in [0.15, 0.2) is 0 Å². The molecule has 0 atom stereocenters. The van der Waals surface area contributed by atoms with Gasteiger partial charge in [-0.3, -0.25) is 0 Å². The van der Waals surface area contributed by atoms with E-state index in [0.717, 1.165) is 0 Å². The van der Waals surface area contributed by atoms with Crippen LogP contribution < -0.4 is 40.6 Å². The lowest BCUT2D eigenvalue weighted by Gasteiger charge is -1.93. The fourth-order valence-corrected chi connectivity index (χ4v) is 0.854. The Labute approximate surface area is 107 Å². The molecule has 0 radical (unpaired) electrons. The fourth-order valence-electron chi connectivity index (χ4n) is 0.854. The van der Waals surface area contributed by atoms with Gasteiger partial charge in [0.2, 0.25) is 35.7 Å². The third-order valence-corrected chi connectivity index (χ3v) is 1.37. The summed E-state index contributed by atoms with van der Waals surface area (Å²) in [4.78, 5) is 20.9. The molecule has 19 heavy (non-hydrogen) atoms. The highest BCUT2D eigenvalue weighted by molar-refractivity contribution is 5.33. The molecule has 13 nitrogen and oxygen atoms in total. The Morgan fingerprint density at radius 3 is 0.579 bits per heavy atom. The number of anilines is 6. The van der Waals surface area contributed by atoms with E-state index in [1.807, 2.05) is 0 Å². The topological polar surface area (TPSA) is 268 Å². The molecule has 0 saturated carbocycles. The summed E-state index contributed by atoms with van der Waals surface area (Å²) in [5, 5.41) is 0. The van der Waals surface area contributed by atoms with Gasteiger partial charge in [0.25, 0.3) is 0 Å². The zero-order chi connectivity index (χ0) is 13.7. The number of hydrogen-bond donors (Lipinski definition) is 7. The van der Waals surface area contributed by atoms with Crippen molar-refractivity contribution in [3.63, 3.8) is 0 Å². The SMILES string of the molecule is N.Nc1nc(N)nc(N)n1.Nc1nc(N)nc(N)n1. The summed E-state index contributed by atoms with van der Waals surface area (Å²) in [5.74, 6) is 0.250. The standard InChI is InChI=1S/2C3H6N6.H3N/c2*4-1-7-2(5)9-3(6)8-1;/h2*(H6,4,5,6,7,8,9);1H3. The van der Waals surface area contributed by atoms with Crippen LogP contribution in [0.3, 0.4) is 0 Å². The zero-order valence-electron chi connectivity index (χ0n) is 9.85. The van der Waals surface area contributed by atoms with Crippen LogP contribution in [0.4, 0.5) is 35.7 Å². The van der Waals surface area contributed by atoms with Gasteiger partial charge in [-0.2, -0.15) is 29.9 Å². The predicted molar refractivity (Wildman–Crippen MR) is 71.2 cm³/mol. The normalized spacial score (nSPS) is 8.84. The molecule has 2 aromatic rings. The quantitative estimate of drug-likeness (QED) is 0.258. The molecule has 2 aromatic heterocycles. The molecular weight excluding hydrogens is 254 g/mol. The van der Waals surface area contributed by atoms with Gasteiger partial charge in [-0.15, -0.1) is 0 Å². The van der Waals surface area contributed by atoms with Crippen LogP contribution in [0.25, 0.3) is 0 Å². The van der Waals surface area contributed by atoms with E-state index in [0.29, 0.717) is 0 Å². The van der Waals surface area contributed by atoms with Gasteiger partial charge in [0.1, 0.15) is 0 Å². The number of nitrogen functional groups attached to an aromatic ring is 6. The van der Waals surface area contributed by atoms with Crippen molar-refractivity contribution >= 4 is 35.7 Å². The maximum absolute atomic E-state index is 5.14. The molecular formula is C6H15N13. The second-order valence-corrected chi connectivity index (χ2v) is 2.82. The van der Waals surface area contributed by atoms with Crippen LogP contribution in [0, 0.1) is 0 Å². The number of aromatic nitrogens is 6. The molecule has 0 unspecified atom stereocenters. The summed E-state index contributed by atoms with van der Waals surface area (Å²) in [6, 6.07) is 0.